The standard InChI is InChI=1S/C10H10S3/c1-5-3-7-9(11-5)10-8(13-7)4-6(2)12-10/h3-6H,1-2H3. The van der Waals surface area contributed by atoms with E-state index in [-0.39, 0.29) is 0 Å². The van der Waals surface area contributed by atoms with Gasteiger partial charge in [0.15, 0.2) is 0 Å². The topological polar surface area (TPSA) is 0 Å². The molecule has 0 nitrogen and oxygen atoms in total. The Balaban J connectivity index is 2.27. The van der Waals surface area contributed by atoms with Crippen LogP contribution in [-0.2, 0) is 0 Å². The molecule has 2 unspecified atom stereocenters. The second-order valence-electron chi connectivity index (χ2n) is 3.47. The van der Waals surface area contributed by atoms with E-state index >= 15 is 0 Å². The lowest BCUT2D eigenvalue weighted by molar-refractivity contribution is 1.28. The molecule has 2 aliphatic rings. The third kappa shape index (κ3) is 1.21. The van der Waals surface area contributed by atoms with Crippen molar-refractivity contribution < 1.29 is 0 Å². The highest BCUT2D eigenvalue weighted by Gasteiger charge is 2.23. The molecular weight excluding hydrogens is 216 g/mol. The van der Waals surface area contributed by atoms with Crippen LogP contribution in [0.25, 0.3) is 12.2 Å². The molecule has 0 spiro atoms. The predicted molar refractivity (Wildman–Crippen MR) is 63.1 cm³/mol. The summed E-state index contributed by atoms with van der Waals surface area (Å²) in [7, 11) is 0. The first kappa shape index (κ1) is 8.45. The fourth-order valence-electron chi connectivity index (χ4n) is 1.74. The average Bonchev–Trinajstić information content (AvgIpc) is 2.60. The Morgan fingerprint density at radius 1 is 0.923 bits per heavy atom. The van der Waals surface area contributed by atoms with Crippen molar-refractivity contribution in [2.45, 2.75) is 34.1 Å². The quantitative estimate of drug-likeness (QED) is 0.666. The number of hydrogen-bond donors (Lipinski definition) is 0. The maximum atomic E-state index is 2.39. The molecule has 3 rings (SSSR count). The van der Waals surface area contributed by atoms with E-state index in [0.29, 0.717) is 10.5 Å². The van der Waals surface area contributed by atoms with E-state index in [0.717, 1.165) is 0 Å². The van der Waals surface area contributed by atoms with Crippen LogP contribution in [0.5, 0.6) is 0 Å². The summed E-state index contributed by atoms with van der Waals surface area (Å²) in [4.78, 5) is 3.11. The fourth-order valence-corrected chi connectivity index (χ4v) is 6.00. The van der Waals surface area contributed by atoms with Gasteiger partial charge >= 0.3 is 0 Å². The summed E-state index contributed by atoms with van der Waals surface area (Å²) in [5, 5.41) is 1.37. The van der Waals surface area contributed by atoms with Crippen LogP contribution < -0.4 is 9.06 Å². The monoisotopic (exact) mass is 226 g/mol. The Morgan fingerprint density at radius 3 is 1.85 bits per heavy atom. The van der Waals surface area contributed by atoms with E-state index in [4.69, 9.17) is 0 Å². The van der Waals surface area contributed by atoms with Crippen molar-refractivity contribution in [3.8, 4) is 0 Å². The molecule has 0 radical (unpaired) electrons. The molecule has 2 atom stereocenters. The lowest BCUT2D eigenvalue weighted by Crippen LogP contribution is -1.94. The zero-order valence-electron chi connectivity index (χ0n) is 7.53. The number of thiophene rings is 1. The normalized spacial score (nSPS) is 29.4. The maximum Gasteiger partial charge on any atom is 0.0398 e. The zero-order valence-corrected chi connectivity index (χ0v) is 9.98. The molecule has 3 heterocycles. The molecule has 0 amide bonds. The third-order valence-corrected chi connectivity index (χ3v) is 6.10. The van der Waals surface area contributed by atoms with Crippen molar-refractivity contribution >= 4 is 47.0 Å². The van der Waals surface area contributed by atoms with Crippen molar-refractivity contribution in [3.63, 3.8) is 0 Å². The van der Waals surface area contributed by atoms with E-state index in [2.05, 4.69) is 26.0 Å². The molecule has 0 saturated heterocycles. The molecule has 2 aliphatic heterocycles. The van der Waals surface area contributed by atoms with Gasteiger partial charge in [-0.05, 0) is 13.8 Å². The molecule has 0 bridgehead atoms. The van der Waals surface area contributed by atoms with Crippen LogP contribution in [0.1, 0.15) is 13.8 Å². The van der Waals surface area contributed by atoms with Gasteiger partial charge < -0.3 is 0 Å². The molecule has 1 aromatic heterocycles. The second kappa shape index (κ2) is 2.81. The van der Waals surface area contributed by atoms with Gasteiger partial charge in [0.2, 0.25) is 0 Å². The molecule has 0 N–H and O–H groups in total. The van der Waals surface area contributed by atoms with Crippen LogP contribution in [0.2, 0.25) is 0 Å². The molecule has 0 aliphatic carbocycles. The summed E-state index contributed by atoms with van der Waals surface area (Å²) < 4.78 is 3.02. The molecule has 0 aromatic carbocycles. The van der Waals surface area contributed by atoms with Gasteiger partial charge in [-0.25, -0.2) is 0 Å². The SMILES string of the molecule is CC1C=c2sc3c(c2S1)SC(C)C=3. The first-order valence-electron chi connectivity index (χ1n) is 4.44. The lowest BCUT2D eigenvalue weighted by Gasteiger charge is -2.00. The highest BCUT2D eigenvalue weighted by molar-refractivity contribution is 8.03. The zero-order chi connectivity index (χ0) is 9.00. The number of rotatable bonds is 0. The fraction of sp³-hybridized carbons (Fsp3) is 0.400. The summed E-state index contributed by atoms with van der Waals surface area (Å²) in [5.41, 5.74) is 0. The summed E-state index contributed by atoms with van der Waals surface area (Å²) in [6.45, 7) is 4.55. The molecule has 0 saturated carbocycles. The molecule has 1 aromatic rings. The highest BCUT2D eigenvalue weighted by Crippen LogP contribution is 2.38. The molecule has 13 heavy (non-hydrogen) atoms. The molecule has 0 fully saturated rings. The average molecular weight is 226 g/mol. The third-order valence-electron chi connectivity index (χ3n) is 2.25. The van der Waals surface area contributed by atoms with Gasteiger partial charge in [-0.2, -0.15) is 0 Å². The molecule has 68 valence electrons. The number of hydrogen-bond acceptors (Lipinski definition) is 3. The summed E-state index contributed by atoms with van der Waals surface area (Å²) in [6.07, 6.45) is 4.78. The van der Waals surface area contributed by atoms with Crippen molar-refractivity contribution in [1.82, 2.24) is 0 Å². The minimum absolute atomic E-state index is 0.683. The Hall–Kier alpha value is 0.140. The smallest absolute Gasteiger partial charge is 0.0398 e. The van der Waals surface area contributed by atoms with Gasteiger partial charge in [-0.1, -0.05) is 12.2 Å². The Kier molecular flexibility index (Phi) is 1.83. The summed E-state index contributed by atoms with van der Waals surface area (Å²) >= 11 is 6.00. The minimum atomic E-state index is 0.683. The predicted octanol–water partition coefficient (Wildman–Crippen LogP) is 2.30. The van der Waals surface area contributed by atoms with Gasteiger partial charge in [0.05, 0.1) is 0 Å². The van der Waals surface area contributed by atoms with Gasteiger partial charge in [-0.15, -0.1) is 34.9 Å². The van der Waals surface area contributed by atoms with Crippen molar-refractivity contribution in [3.05, 3.63) is 9.06 Å². The molecule has 3 heteroatoms. The summed E-state index contributed by atoms with van der Waals surface area (Å²) in [6, 6.07) is 0. The second-order valence-corrected chi connectivity index (χ2v) is 7.33. The van der Waals surface area contributed by atoms with Crippen LogP contribution >= 0.6 is 34.9 Å². The van der Waals surface area contributed by atoms with Crippen LogP contribution in [0.3, 0.4) is 0 Å². The van der Waals surface area contributed by atoms with Gasteiger partial charge in [0.1, 0.15) is 0 Å². The van der Waals surface area contributed by atoms with E-state index < -0.39 is 0 Å². The van der Waals surface area contributed by atoms with Gasteiger partial charge in [0, 0.05) is 29.4 Å². The lowest BCUT2D eigenvalue weighted by atomic mass is 10.4. The Labute approximate surface area is 90.1 Å². The Bertz CT molecular complexity index is 427. The highest BCUT2D eigenvalue weighted by atomic mass is 32.2. The van der Waals surface area contributed by atoms with Crippen molar-refractivity contribution in [2.24, 2.45) is 0 Å². The van der Waals surface area contributed by atoms with E-state index in [1.165, 1.54) is 9.06 Å². The van der Waals surface area contributed by atoms with Crippen LogP contribution in [0.15, 0.2) is 9.79 Å². The number of fused-ring (bicyclic) bond motifs is 3. The first-order chi connectivity index (χ1) is 6.24. The van der Waals surface area contributed by atoms with E-state index in [9.17, 15) is 0 Å². The largest absolute Gasteiger partial charge is 0.135 e. The van der Waals surface area contributed by atoms with E-state index in [1.54, 1.807) is 9.79 Å². The summed E-state index contributed by atoms with van der Waals surface area (Å²) in [5.74, 6) is 0. The van der Waals surface area contributed by atoms with Crippen molar-refractivity contribution in [2.75, 3.05) is 0 Å². The van der Waals surface area contributed by atoms with Gasteiger partial charge in [-0.3, -0.25) is 0 Å². The van der Waals surface area contributed by atoms with Crippen molar-refractivity contribution in [1.29, 1.82) is 0 Å². The van der Waals surface area contributed by atoms with Crippen LogP contribution in [0, 0.1) is 0 Å². The van der Waals surface area contributed by atoms with E-state index in [1.807, 2.05) is 34.9 Å². The van der Waals surface area contributed by atoms with Gasteiger partial charge in [0.25, 0.3) is 0 Å². The maximum absolute atomic E-state index is 2.39. The van der Waals surface area contributed by atoms with Crippen LogP contribution in [0.4, 0.5) is 0 Å². The Morgan fingerprint density at radius 2 is 1.38 bits per heavy atom. The van der Waals surface area contributed by atoms with Crippen LogP contribution in [-0.4, -0.2) is 10.5 Å². The number of thioether (sulfide) groups is 2. The minimum Gasteiger partial charge on any atom is -0.135 e. The molecular formula is C10H10S3. The first-order valence-corrected chi connectivity index (χ1v) is 7.01.